The first kappa shape index (κ1) is 24.2. The Morgan fingerprint density at radius 1 is 1.00 bits per heavy atom. The van der Waals surface area contributed by atoms with E-state index in [1.165, 1.54) is 0 Å². The van der Waals surface area contributed by atoms with E-state index in [-0.39, 0.29) is 18.9 Å². The van der Waals surface area contributed by atoms with Gasteiger partial charge in [-0.25, -0.2) is 0 Å². The van der Waals surface area contributed by atoms with Gasteiger partial charge in [-0.2, -0.15) is 0 Å². The van der Waals surface area contributed by atoms with Gasteiger partial charge in [0, 0.05) is 11.5 Å². The molecular formula is C21H33LiO2Si. The van der Waals surface area contributed by atoms with Crippen molar-refractivity contribution in [2.75, 3.05) is 13.2 Å². The number of hydrogen-bond acceptors (Lipinski definition) is 2. The Morgan fingerprint density at radius 2 is 1.56 bits per heavy atom. The van der Waals surface area contributed by atoms with Crippen molar-refractivity contribution in [2.45, 2.75) is 60.2 Å². The zero-order valence-corrected chi connectivity index (χ0v) is 18.5. The summed E-state index contributed by atoms with van der Waals surface area (Å²) in [7, 11) is -1.44. The van der Waals surface area contributed by atoms with E-state index in [4.69, 9.17) is 9.47 Å². The molecule has 0 aromatic heterocycles. The van der Waals surface area contributed by atoms with E-state index >= 15 is 0 Å². The minimum absolute atomic E-state index is 0. The van der Waals surface area contributed by atoms with Crippen molar-refractivity contribution in [2.24, 2.45) is 11.8 Å². The predicted molar refractivity (Wildman–Crippen MR) is 105 cm³/mol. The van der Waals surface area contributed by atoms with Crippen molar-refractivity contribution in [1.82, 2.24) is 0 Å². The quantitative estimate of drug-likeness (QED) is 0.407. The van der Waals surface area contributed by atoms with E-state index in [2.05, 4.69) is 64.9 Å². The molecular weight excluding hydrogens is 319 g/mol. The van der Waals surface area contributed by atoms with Crippen molar-refractivity contribution in [3.8, 4) is 23.0 Å². The number of benzene rings is 1. The third kappa shape index (κ3) is 11.4. The maximum atomic E-state index is 5.94. The van der Waals surface area contributed by atoms with Crippen LogP contribution < -0.4 is 28.3 Å². The van der Waals surface area contributed by atoms with Gasteiger partial charge >= 0.3 is 18.9 Å². The van der Waals surface area contributed by atoms with Crippen molar-refractivity contribution in [3.05, 3.63) is 23.8 Å². The predicted octanol–water partition coefficient (Wildman–Crippen LogP) is 2.57. The van der Waals surface area contributed by atoms with Gasteiger partial charge in [0.1, 0.15) is 8.07 Å². The van der Waals surface area contributed by atoms with Crippen LogP contribution in [0.5, 0.6) is 11.5 Å². The van der Waals surface area contributed by atoms with Gasteiger partial charge in [-0.15, -0.1) is 23.7 Å². The third-order valence-corrected chi connectivity index (χ3v) is 4.24. The zero-order chi connectivity index (χ0) is 18.2. The van der Waals surface area contributed by atoms with E-state index in [0.29, 0.717) is 25.0 Å². The van der Waals surface area contributed by atoms with Crippen molar-refractivity contribution in [1.29, 1.82) is 0 Å². The summed E-state index contributed by atoms with van der Waals surface area (Å²) in [5, 5.41) is 0. The summed E-state index contributed by atoms with van der Waals surface area (Å²) in [6.45, 7) is 17.0. The van der Waals surface area contributed by atoms with E-state index in [1.807, 2.05) is 12.1 Å². The van der Waals surface area contributed by atoms with Crippen LogP contribution in [0.15, 0.2) is 12.1 Å². The fourth-order valence-corrected chi connectivity index (χ4v) is 2.33. The summed E-state index contributed by atoms with van der Waals surface area (Å²) >= 11 is 0. The topological polar surface area (TPSA) is 18.5 Å². The van der Waals surface area contributed by atoms with Gasteiger partial charge in [0.2, 0.25) is 0 Å². The standard InChI is InChI=1S/C21H33O2Si.Li/c1-17(2)10-13-22-20-8-9-21(23-14-11-18(3)4)19(16-20)12-15-24(5,6)7;/h9,16-18H,10-11,13-14H2,1-7H3;/q-1;+1. The average Bonchev–Trinajstić information content (AvgIpc) is 2.45. The van der Waals surface area contributed by atoms with Crippen LogP contribution in [0.2, 0.25) is 19.6 Å². The Labute approximate surface area is 168 Å². The number of ether oxygens (including phenoxy) is 2. The van der Waals surface area contributed by atoms with Gasteiger partial charge in [-0.1, -0.05) is 53.3 Å². The van der Waals surface area contributed by atoms with Gasteiger partial charge in [-0.05, 0) is 30.2 Å². The molecule has 0 radical (unpaired) electrons. The van der Waals surface area contributed by atoms with E-state index in [9.17, 15) is 0 Å². The average molecular weight is 353 g/mol. The van der Waals surface area contributed by atoms with E-state index in [0.717, 1.165) is 29.9 Å². The first-order chi connectivity index (χ1) is 11.2. The first-order valence-corrected chi connectivity index (χ1v) is 12.5. The molecule has 1 aromatic rings. The zero-order valence-electron chi connectivity index (χ0n) is 17.5. The molecule has 4 heteroatoms. The second-order valence-corrected chi connectivity index (χ2v) is 12.9. The molecule has 1 rings (SSSR count). The normalized spacial score (nSPS) is 10.9. The SMILES string of the molecule is CC(C)CCOc1[c-]cc(OCCC(C)C)c(C#C[Si](C)(C)C)c1.[Li+]. The Kier molecular flexibility index (Phi) is 11.4. The van der Waals surface area contributed by atoms with Crippen molar-refractivity contribution >= 4 is 8.07 Å². The Balaban J connectivity index is 0.00000576. The van der Waals surface area contributed by atoms with Crippen LogP contribution in [0, 0.1) is 29.4 Å². The second-order valence-electron chi connectivity index (χ2n) is 8.14. The Morgan fingerprint density at radius 3 is 2.08 bits per heavy atom. The van der Waals surface area contributed by atoms with Crippen LogP contribution in [0.25, 0.3) is 0 Å². The summed E-state index contributed by atoms with van der Waals surface area (Å²) in [5.41, 5.74) is 4.33. The molecule has 0 aliphatic rings. The van der Waals surface area contributed by atoms with Crippen molar-refractivity contribution < 1.29 is 28.3 Å². The smallest absolute Gasteiger partial charge is 0.550 e. The molecule has 0 unspecified atom stereocenters. The molecule has 0 saturated heterocycles. The van der Waals surface area contributed by atoms with E-state index in [1.54, 1.807) is 0 Å². The molecule has 2 nitrogen and oxygen atoms in total. The first-order valence-electron chi connectivity index (χ1n) is 9.02. The number of hydrogen-bond donors (Lipinski definition) is 0. The molecule has 134 valence electrons. The largest absolute Gasteiger partial charge is 1.00 e. The molecule has 0 aliphatic heterocycles. The Hall–Kier alpha value is -0.806. The molecule has 0 amide bonds. The third-order valence-electron chi connectivity index (χ3n) is 3.36. The molecule has 0 saturated carbocycles. The van der Waals surface area contributed by atoms with Gasteiger partial charge in [0.15, 0.2) is 0 Å². The van der Waals surface area contributed by atoms with Crippen molar-refractivity contribution in [3.63, 3.8) is 0 Å². The van der Waals surface area contributed by atoms with Crippen LogP contribution in [-0.4, -0.2) is 21.3 Å². The van der Waals surface area contributed by atoms with Crippen LogP contribution in [0.4, 0.5) is 0 Å². The van der Waals surface area contributed by atoms with Gasteiger partial charge < -0.3 is 9.47 Å². The molecule has 0 fully saturated rings. The summed E-state index contributed by atoms with van der Waals surface area (Å²) in [6.07, 6.45) is 2.07. The van der Waals surface area contributed by atoms with Gasteiger partial charge in [0.05, 0.1) is 13.2 Å². The molecule has 0 spiro atoms. The Bertz CT molecular complexity index is 565. The number of rotatable bonds is 8. The van der Waals surface area contributed by atoms with Gasteiger partial charge in [0.25, 0.3) is 0 Å². The minimum atomic E-state index is -1.44. The maximum absolute atomic E-state index is 5.94. The van der Waals surface area contributed by atoms with Crippen LogP contribution in [0.3, 0.4) is 0 Å². The fourth-order valence-electron chi connectivity index (χ4n) is 1.82. The minimum Gasteiger partial charge on any atom is -0.550 e. The monoisotopic (exact) mass is 352 g/mol. The fraction of sp³-hybridized carbons (Fsp3) is 0.619. The molecule has 0 N–H and O–H groups in total. The molecule has 25 heavy (non-hydrogen) atoms. The van der Waals surface area contributed by atoms with Crippen LogP contribution in [0.1, 0.15) is 46.1 Å². The maximum Gasteiger partial charge on any atom is 1.00 e. The molecule has 0 heterocycles. The molecule has 0 atom stereocenters. The molecule has 1 aromatic carbocycles. The summed E-state index contributed by atoms with van der Waals surface area (Å²) in [4.78, 5) is 0. The summed E-state index contributed by atoms with van der Waals surface area (Å²) < 4.78 is 11.8. The summed E-state index contributed by atoms with van der Waals surface area (Å²) in [6, 6.07) is 7.03. The second kappa shape index (κ2) is 11.7. The van der Waals surface area contributed by atoms with E-state index < -0.39 is 8.07 Å². The van der Waals surface area contributed by atoms with Crippen LogP contribution in [-0.2, 0) is 0 Å². The molecule has 0 aliphatic carbocycles. The van der Waals surface area contributed by atoms with Gasteiger partial charge in [-0.3, -0.25) is 0 Å². The summed E-state index contributed by atoms with van der Waals surface area (Å²) in [5.74, 6) is 6.15. The molecule has 0 bridgehead atoms. The van der Waals surface area contributed by atoms with Crippen LogP contribution >= 0.6 is 0 Å².